The summed E-state index contributed by atoms with van der Waals surface area (Å²) in [5.74, 6) is 2.57. The first-order valence-corrected chi connectivity index (χ1v) is 19.5. The predicted molar refractivity (Wildman–Crippen MR) is 199 cm³/mol. The fourth-order valence-electron chi connectivity index (χ4n) is 7.32. The molecule has 1 saturated heterocycles. The van der Waals surface area contributed by atoms with Gasteiger partial charge in [0.2, 0.25) is 11.5 Å². The quantitative estimate of drug-likeness (QED) is 0.0766. The first-order valence-electron chi connectivity index (χ1n) is 17.6. The van der Waals surface area contributed by atoms with Crippen molar-refractivity contribution >= 4 is 18.7 Å². The van der Waals surface area contributed by atoms with Crippen LogP contribution in [0.15, 0.2) is 72.8 Å². The zero-order valence-corrected chi connectivity index (χ0v) is 31.6. The minimum absolute atomic E-state index is 0.0240. The molecular weight excluding hydrogens is 617 g/mol. The molecule has 0 N–H and O–H groups in total. The highest BCUT2D eigenvalue weighted by molar-refractivity contribution is 6.99. The number of ether oxygens (including phenoxy) is 5. The number of unbranched alkanes of at least 4 members (excludes halogenated alkanes) is 3. The third-order valence-corrected chi connectivity index (χ3v) is 14.7. The van der Waals surface area contributed by atoms with Crippen molar-refractivity contribution in [3.63, 3.8) is 0 Å². The fraction of sp³-hybridized carbons (Fsp3) is 0.512. The molecule has 2 atom stereocenters. The van der Waals surface area contributed by atoms with Crippen molar-refractivity contribution in [3.05, 3.63) is 83.9 Å². The number of rotatable bonds is 18. The third-order valence-electron chi connectivity index (χ3n) is 9.71. The zero-order chi connectivity index (χ0) is 34.6. The van der Waals surface area contributed by atoms with E-state index in [2.05, 4.69) is 93.6 Å². The van der Waals surface area contributed by atoms with Gasteiger partial charge in [0.05, 0.1) is 47.3 Å². The molecule has 0 spiro atoms. The summed E-state index contributed by atoms with van der Waals surface area (Å²) in [6, 6.07) is 21.8. The van der Waals surface area contributed by atoms with Gasteiger partial charge in [-0.05, 0) is 73.7 Å². The van der Waals surface area contributed by atoms with E-state index in [9.17, 15) is 0 Å². The maximum Gasteiger partial charge on any atom is 0.261 e. The molecular formula is C41H58O6Si. The third kappa shape index (κ3) is 8.66. The van der Waals surface area contributed by atoms with E-state index in [1.165, 1.54) is 23.2 Å². The Morgan fingerprint density at radius 1 is 0.688 bits per heavy atom. The van der Waals surface area contributed by atoms with Gasteiger partial charge < -0.3 is 28.1 Å². The van der Waals surface area contributed by atoms with E-state index in [1.54, 1.807) is 28.4 Å². The van der Waals surface area contributed by atoms with Crippen LogP contribution in [-0.4, -0.2) is 55.6 Å². The minimum atomic E-state index is -2.54. The molecule has 262 valence electrons. The molecule has 4 rings (SSSR count). The molecule has 0 aromatic heterocycles. The summed E-state index contributed by atoms with van der Waals surface area (Å²) in [6.45, 7) is 9.70. The van der Waals surface area contributed by atoms with Crippen LogP contribution in [0.4, 0.5) is 0 Å². The molecule has 0 saturated carbocycles. The van der Waals surface area contributed by atoms with Crippen molar-refractivity contribution in [2.45, 2.75) is 103 Å². The van der Waals surface area contributed by atoms with E-state index in [0.717, 1.165) is 61.8 Å². The molecule has 0 aliphatic carbocycles. The van der Waals surface area contributed by atoms with Crippen LogP contribution in [-0.2, 0) is 15.6 Å². The molecule has 7 heteroatoms. The van der Waals surface area contributed by atoms with Crippen LogP contribution < -0.4 is 29.3 Å². The van der Waals surface area contributed by atoms with Gasteiger partial charge in [-0.15, -0.1) is 0 Å². The highest BCUT2D eigenvalue weighted by Crippen LogP contribution is 2.49. The van der Waals surface area contributed by atoms with Crippen molar-refractivity contribution in [2.75, 3.05) is 35.0 Å². The number of benzene rings is 3. The monoisotopic (exact) mass is 674 g/mol. The van der Waals surface area contributed by atoms with Gasteiger partial charge >= 0.3 is 0 Å². The number of allylic oxidation sites excluding steroid dienone is 2. The normalized spacial score (nSPS) is 16.8. The molecule has 0 bridgehead atoms. The van der Waals surface area contributed by atoms with E-state index >= 15 is 0 Å². The van der Waals surface area contributed by atoms with E-state index < -0.39 is 8.32 Å². The molecule has 3 aromatic rings. The first kappa shape index (κ1) is 37.6. The predicted octanol–water partition coefficient (Wildman–Crippen LogP) is 8.59. The molecule has 48 heavy (non-hydrogen) atoms. The summed E-state index contributed by atoms with van der Waals surface area (Å²) < 4.78 is 36.3. The average molecular weight is 675 g/mol. The van der Waals surface area contributed by atoms with Crippen LogP contribution in [0.25, 0.3) is 0 Å². The largest absolute Gasteiger partial charge is 0.492 e. The summed E-state index contributed by atoms with van der Waals surface area (Å²) in [4.78, 5) is 0. The van der Waals surface area contributed by atoms with Gasteiger partial charge in [0.1, 0.15) is 0 Å². The Bertz CT molecular complexity index is 1390. The smallest absolute Gasteiger partial charge is 0.261 e. The summed E-state index contributed by atoms with van der Waals surface area (Å²) in [7, 11) is 4.04. The van der Waals surface area contributed by atoms with Crippen molar-refractivity contribution in [1.82, 2.24) is 0 Å². The molecule has 0 unspecified atom stereocenters. The molecule has 1 aliphatic rings. The van der Waals surface area contributed by atoms with Gasteiger partial charge in [-0.25, -0.2) is 0 Å². The molecule has 1 heterocycles. The summed E-state index contributed by atoms with van der Waals surface area (Å²) in [5.41, 5.74) is 2.13. The Morgan fingerprint density at radius 3 is 1.75 bits per heavy atom. The lowest BCUT2D eigenvalue weighted by Gasteiger charge is -2.43. The molecule has 6 nitrogen and oxygen atoms in total. The number of methoxy groups -OCH3 is 4. The molecule has 1 fully saturated rings. The van der Waals surface area contributed by atoms with E-state index in [4.69, 9.17) is 28.1 Å². The lowest BCUT2D eigenvalue weighted by molar-refractivity contribution is 0.0115. The van der Waals surface area contributed by atoms with Crippen LogP contribution in [0.2, 0.25) is 5.04 Å². The SMILES string of the molecule is COc1c(C)c(CCC/C=C/CCCC[C@@H]2CC[C@@H](CO[Si](c3ccccc3)(c3ccccc3)C(C)(C)C)O2)c(OC)c(OC)c1OC. The molecule has 3 aromatic carbocycles. The maximum atomic E-state index is 7.15. The van der Waals surface area contributed by atoms with Gasteiger partial charge in [-0.3, -0.25) is 0 Å². The van der Waals surface area contributed by atoms with E-state index in [0.29, 0.717) is 30.0 Å². The number of hydrogen-bond acceptors (Lipinski definition) is 6. The zero-order valence-electron chi connectivity index (χ0n) is 30.6. The Hall–Kier alpha value is -3.26. The highest BCUT2D eigenvalue weighted by atomic mass is 28.4. The maximum absolute atomic E-state index is 7.15. The summed E-state index contributed by atoms with van der Waals surface area (Å²) in [6.07, 6.45) is 14.8. The Balaban J connectivity index is 1.22. The first-order chi connectivity index (χ1) is 23.2. The Kier molecular flexibility index (Phi) is 14.0. The van der Waals surface area contributed by atoms with Crippen molar-refractivity contribution < 1.29 is 28.1 Å². The lowest BCUT2D eigenvalue weighted by Crippen LogP contribution is -2.67. The van der Waals surface area contributed by atoms with Gasteiger partial charge in [-0.2, -0.15) is 0 Å². The van der Waals surface area contributed by atoms with E-state index in [-0.39, 0.29) is 11.1 Å². The van der Waals surface area contributed by atoms with Gasteiger partial charge in [0.15, 0.2) is 11.5 Å². The second-order valence-corrected chi connectivity index (χ2v) is 18.1. The van der Waals surface area contributed by atoms with Gasteiger partial charge in [-0.1, -0.05) is 100 Å². The van der Waals surface area contributed by atoms with Crippen molar-refractivity contribution in [2.24, 2.45) is 0 Å². The van der Waals surface area contributed by atoms with Crippen LogP contribution in [0.1, 0.15) is 83.3 Å². The van der Waals surface area contributed by atoms with Gasteiger partial charge in [0, 0.05) is 11.1 Å². The summed E-state index contributed by atoms with van der Waals surface area (Å²) in [5, 5.41) is 2.62. The van der Waals surface area contributed by atoms with Crippen LogP contribution >= 0.6 is 0 Å². The molecule has 0 radical (unpaired) electrons. The second kappa shape index (κ2) is 17.9. The van der Waals surface area contributed by atoms with Crippen LogP contribution in [0.3, 0.4) is 0 Å². The van der Waals surface area contributed by atoms with Crippen LogP contribution in [0.5, 0.6) is 23.0 Å². The van der Waals surface area contributed by atoms with Crippen molar-refractivity contribution in [3.8, 4) is 23.0 Å². The summed E-state index contributed by atoms with van der Waals surface area (Å²) >= 11 is 0. The molecule has 0 amide bonds. The molecule has 1 aliphatic heterocycles. The minimum Gasteiger partial charge on any atom is -0.492 e. The average Bonchev–Trinajstić information content (AvgIpc) is 3.55. The van der Waals surface area contributed by atoms with Crippen LogP contribution in [0, 0.1) is 6.92 Å². The van der Waals surface area contributed by atoms with E-state index in [1.807, 2.05) is 6.92 Å². The Labute approximate surface area is 290 Å². The number of hydrogen-bond donors (Lipinski definition) is 0. The van der Waals surface area contributed by atoms with Crippen molar-refractivity contribution in [1.29, 1.82) is 0 Å². The highest BCUT2D eigenvalue weighted by Gasteiger charge is 2.50. The topological polar surface area (TPSA) is 55.4 Å². The van der Waals surface area contributed by atoms with Gasteiger partial charge in [0.25, 0.3) is 8.32 Å². The Morgan fingerprint density at radius 2 is 1.21 bits per heavy atom. The second-order valence-electron chi connectivity index (χ2n) is 13.8. The lowest BCUT2D eigenvalue weighted by atomic mass is 9.99. The fourth-order valence-corrected chi connectivity index (χ4v) is 11.9. The standard InChI is InChI=1S/C41H58O6Si/c1-31-36(38(43-6)40(45-8)39(44-7)37(31)42-5)27-21-13-11-9-10-12-16-22-32-28-29-33(47-32)30-46-48(41(2,3)4,34-23-17-14-18-24-34)35-25-19-15-20-26-35/h9,11,14-15,17-20,23-26,32-33H,10,12-13,16,21-22,27-30H2,1-8H3/b11-9+/t32-,33+/m1/s1.